The van der Waals surface area contributed by atoms with Gasteiger partial charge in [-0.3, -0.25) is 9.59 Å². The number of piperidine rings is 1. The summed E-state index contributed by atoms with van der Waals surface area (Å²) in [6, 6.07) is 7.46. The van der Waals surface area contributed by atoms with Crippen LogP contribution in [0.25, 0.3) is 6.08 Å². The van der Waals surface area contributed by atoms with Crippen molar-refractivity contribution in [2.24, 2.45) is 5.92 Å². The first-order chi connectivity index (χ1) is 13.3. The lowest BCUT2D eigenvalue weighted by atomic mass is 9.98. The Kier molecular flexibility index (Phi) is 6.51. The lowest BCUT2D eigenvalue weighted by Gasteiger charge is -2.30. The summed E-state index contributed by atoms with van der Waals surface area (Å²) in [5, 5.41) is 5.82. The summed E-state index contributed by atoms with van der Waals surface area (Å²) in [7, 11) is -3.12. The highest BCUT2D eigenvalue weighted by atomic mass is 32.2. The van der Waals surface area contributed by atoms with Crippen LogP contribution in [-0.2, 0) is 14.8 Å². The van der Waals surface area contributed by atoms with E-state index in [1.54, 1.807) is 18.2 Å². The zero-order chi connectivity index (χ0) is 20.1. The number of amides is 2. The van der Waals surface area contributed by atoms with Gasteiger partial charge in [-0.25, -0.2) is 12.7 Å². The Morgan fingerprint density at radius 1 is 1.11 bits per heavy atom. The Bertz CT molecular complexity index is 837. The molecule has 2 aliphatic rings. The lowest BCUT2D eigenvalue weighted by molar-refractivity contribution is -0.116. The Morgan fingerprint density at radius 3 is 2.32 bits per heavy atom. The van der Waals surface area contributed by atoms with Gasteiger partial charge in [0.25, 0.3) is 5.91 Å². The van der Waals surface area contributed by atoms with Crippen LogP contribution < -0.4 is 10.6 Å². The zero-order valence-electron chi connectivity index (χ0n) is 16.1. The van der Waals surface area contributed by atoms with Crippen molar-refractivity contribution in [2.75, 3.05) is 25.9 Å². The quantitative estimate of drug-likeness (QED) is 0.670. The van der Waals surface area contributed by atoms with E-state index in [0.29, 0.717) is 37.2 Å². The maximum Gasteiger partial charge on any atom is 0.251 e. The smallest absolute Gasteiger partial charge is 0.251 e. The molecule has 1 aromatic carbocycles. The first-order valence-electron chi connectivity index (χ1n) is 9.63. The van der Waals surface area contributed by atoms with Gasteiger partial charge in [-0.05, 0) is 55.4 Å². The van der Waals surface area contributed by atoms with Crippen LogP contribution in [0.1, 0.15) is 41.6 Å². The van der Waals surface area contributed by atoms with Crippen molar-refractivity contribution in [3.63, 3.8) is 0 Å². The zero-order valence-corrected chi connectivity index (χ0v) is 16.9. The first-order valence-corrected chi connectivity index (χ1v) is 11.5. The van der Waals surface area contributed by atoms with Gasteiger partial charge < -0.3 is 10.6 Å². The van der Waals surface area contributed by atoms with Crippen LogP contribution in [0.15, 0.2) is 30.3 Å². The number of nitrogens with zero attached hydrogens (tertiary/aromatic N) is 1. The van der Waals surface area contributed by atoms with Crippen molar-refractivity contribution in [1.82, 2.24) is 14.9 Å². The summed E-state index contributed by atoms with van der Waals surface area (Å²) in [5.74, 6) is 0.0541. The van der Waals surface area contributed by atoms with Gasteiger partial charge in [0.15, 0.2) is 0 Å². The van der Waals surface area contributed by atoms with Crippen LogP contribution in [0.3, 0.4) is 0 Å². The van der Waals surface area contributed by atoms with Crippen LogP contribution in [0.4, 0.5) is 0 Å². The molecule has 1 aromatic rings. The van der Waals surface area contributed by atoms with Gasteiger partial charge >= 0.3 is 0 Å². The summed E-state index contributed by atoms with van der Waals surface area (Å²) in [6.45, 7) is 1.56. The largest absolute Gasteiger partial charge is 0.352 e. The monoisotopic (exact) mass is 405 g/mol. The molecule has 1 aliphatic carbocycles. The van der Waals surface area contributed by atoms with Crippen molar-refractivity contribution in [3.8, 4) is 0 Å². The molecule has 0 unspecified atom stereocenters. The molecule has 1 saturated carbocycles. The molecule has 1 heterocycles. The molecule has 1 saturated heterocycles. The molecule has 0 atom stereocenters. The van der Waals surface area contributed by atoms with E-state index < -0.39 is 10.0 Å². The standard InChI is InChI=1S/C20H27N3O4S/c1-28(26,27)23-12-10-16(11-13-23)14-21-19(24)9-4-15-2-5-17(6-3-15)20(25)22-18-7-8-18/h2-6,9,16,18H,7-8,10-14H2,1H3,(H,21,24)(H,22,25)/b9-4+. The van der Waals surface area contributed by atoms with Gasteiger partial charge in [-0.15, -0.1) is 0 Å². The SMILES string of the molecule is CS(=O)(=O)N1CCC(CNC(=O)/C=C/c2ccc(C(=O)NC3CC3)cc2)CC1. The normalized spacial score (nSPS) is 18.9. The minimum atomic E-state index is -3.12. The first kappa shape index (κ1) is 20.5. The van der Waals surface area contributed by atoms with Gasteiger partial charge in [0.1, 0.15) is 0 Å². The van der Waals surface area contributed by atoms with E-state index in [9.17, 15) is 18.0 Å². The highest BCUT2D eigenvalue weighted by molar-refractivity contribution is 7.88. The molecule has 0 spiro atoms. The van der Waals surface area contributed by atoms with Gasteiger partial charge in [0, 0.05) is 37.3 Å². The van der Waals surface area contributed by atoms with Gasteiger partial charge in [-0.2, -0.15) is 0 Å². The molecule has 1 aliphatic heterocycles. The number of nitrogens with one attached hydrogen (secondary N) is 2. The van der Waals surface area contributed by atoms with Crippen LogP contribution in [0, 0.1) is 5.92 Å². The number of carbonyl (C=O) groups is 2. The van der Waals surface area contributed by atoms with Crippen LogP contribution >= 0.6 is 0 Å². The molecular formula is C20H27N3O4S. The number of sulfonamides is 1. The molecule has 0 bridgehead atoms. The van der Waals surface area contributed by atoms with Crippen molar-refractivity contribution >= 4 is 27.9 Å². The summed E-state index contributed by atoms with van der Waals surface area (Å²) >= 11 is 0. The Labute approximate surface area is 166 Å². The van der Waals surface area contributed by atoms with E-state index in [2.05, 4.69) is 10.6 Å². The fourth-order valence-corrected chi connectivity index (χ4v) is 4.04. The Morgan fingerprint density at radius 2 is 1.75 bits per heavy atom. The van der Waals surface area contributed by atoms with E-state index in [0.717, 1.165) is 31.2 Å². The summed E-state index contributed by atoms with van der Waals surface area (Å²) in [5.41, 5.74) is 1.47. The molecule has 3 rings (SSSR count). The fourth-order valence-electron chi connectivity index (χ4n) is 3.16. The molecule has 8 heteroatoms. The molecule has 0 aromatic heterocycles. The molecule has 7 nitrogen and oxygen atoms in total. The van der Waals surface area contributed by atoms with Gasteiger partial charge in [0.2, 0.25) is 15.9 Å². The van der Waals surface area contributed by atoms with E-state index in [4.69, 9.17) is 0 Å². The second kappa shape index (κ2) is 8.87. The minimum absolute atomic E-state index is 0.0577. The van der Waals surface area contributed by atoms with E-state index >= 15 is 0 Å². The average molecular weight is 406 g/mol. The Hall–Kier alpha value is -2.19. The number of carbonyl (C=O) groups excluding carboxylic acids is 2. The predicted octanol–water partition coefficient (Wildman–Crippen LogP) is 1.38. The maximum absolute atomic E-state index is 12.0. The van der Waals surface area contributed by atoms with E-state index in [1.807, 2.05) is 12.1 Å². The molecular weight excluding hydrogens is 378 g/mol. The van der Waals surface area contributed by atoms with Crippen molar-refractivity contribution < 1.29 is 18.0 Å². The number of benzene rings is 1. The predicted molar refractivity (Wildman–Crippen MR) is 108 cm³/mol. The van der Waals surface area contributed by atoms with Crippen molar-refractivity contribution in [1.29, 1.82) is 0 Å². The summed E-state index contributed by atoms with van der Waals surface area (Å²) in [4.78, 5) is 24.0. The third-order valence-corrected chi connectivity index (χ3v) is 6.42. The van der Waals surface area contributed by atoms with Crippen molar-refractivity contribution in [3.05, 3.63) is 41.5 Å². The minimum Gasteiger partial charge on any atom is -0.352 e. The third-order valence-electron chi connectivity index (χ3n) is 5.12. The second-order valence-electron chi connectivity index (χ2n) is 7.55. The average Bonchev–Trinajstić information content (AvgIpc) is 3.48. The van der Waals surface area contributed by atoms with Gasteiger partial charge in [-0.1, -0.05) is 12.1 Å². The molecule has 28 heavy (non-hydrogen) atoms. The van der Waals surface area contributed by atoms with Crippen molar-refractivity contribution in [2.45, 2.75) is 31.7 Å². The van der Waals surface area contributed by atoms with Crippen LogP contribution in [-0.4, -0.2) is 56.5 Å². The summed E-state index contributed by atoms with van der Waals surface area (Å²) < 4.78 is 24.5. The van der Waals surface area contributed by atoms with Gasteiger partial charge in [0.05, 0.1) is 6.26 Å². The lowest BCUT2D eigenvalue weighted by Crippen LogP contribution is -2.40. The van der Waals surface area contributed by atoms with E-state index in [1.165, 1.54) is 16.6 Å². The maximum atomic E-state index is 12.0. The topological polar surface area (TPSA) is 95.6 Å². The molecule has 152 valence electrons. The Balaban J connectivity index is 1.41. The highest BCUT2D eigenvalue weighted by Gasteiger charge is 2.25. The van der Waals surface area contributed by atoms with E-state index in [-0.39, 0.29) is 11.8 Å². The third kappa shape index (κ3) is 6.17. The number of rotatable bonds is 7. The number of hydrogen-bond acceptors (Lipinski definition) is 4. The summed E-state index contributed by atoms with van der Waals surface area (Å²) in [6.07, 6.45) is 8.03. The molecule has 2 amide bonds. The molecule has 2 N–H and O–H groups in total. The highest BCUT2D eigenvalue weighted by Crippen LogP contribution is 2.20. The molecule has 0 radical (unpaired) electrons. The molecule has 2 fully saturated rings. The van der Waals surface area contributed by atoms with Crippen LogP contribution in [0.5, 0.6) is 0 Å². The fraction of sp³-hybridized carbons (Fsp3) is 0.500. The number of hydrogen-bond donors (Lipinski definition) is 2. The second-order valence-corrected chi connectivity index (χ2v) is 9.54. The van der Waals surface area contributed by atoms with Crippen LogP contribution in [0.2, 0.25) is 0 Å².